The van der Waals surface area contributed by atoms with Crippen molar-refractivity contribution in [2.24, 2.45) is 5.92 Å². The molecule has 0 aliphatic rings. The minimum Gasteiger partial charge on any atom is -0.493 e. The molecule has 0 bridgehead atoms. The summed E-state index contributed by atoms with van der Waals surface area (Å²) >= 11 is 0. The van der Waals surface area contributed by atoms with Gasteiger partial charge in [0.2, 0.25) is 11.7 Å². The van der Waals surface area contributed by atoms with Crippen molar-refractivity contribution < 1.29 is 19.0 Å². The molecule has 20 heavy (non-hydrogen) atoms. The van der Waals surface area contributed by atoms with E-state index in [0.29, 0.717) is 29.5 Å². The summed E-state index contributed by atoms with van der Waals surface area (Å²) in [6, 6.07) is 3.45. The Kier molecular flexibility index (Phi) is 6.11. The Morgan fingerprint density at radius 2 is 1.80 bits per heavy atom. The van der Waals surface area contributed by atoms with E-state index in [4.69, 9.17) is 14.2 Å². The molecule has 0 aliphatic heterocycles. The number of nitrogens with one attached hydrogen (secondary N) is 2. The van der Waals surface area contributed by atoms with Crippen LogP contribution in [0.25, 0.3) is 0 Å². The lowest BCUT2D eigenvalue weighted by Crippen LogP contribution is -2.28. The maximum absolute atomic E-state index is 12.0. The normalized spacial score (nSPS) is 11.7. The maximum Gasteiger partial charge on any atom is 0.228 e. The first-order chi connectivity index (χ1) is 9.58. The van der Waals surface area contributed by atoms with Gasteiger partial charge in [-0.15, -0.1) is 0 Å². The Morgan fingerprint density at radius 1 is 1.15 bits per heavy atom. The van der Waals surface area contributed by atoms with Crippen molar-refractivity contribution in [3.63, 3.8) is 0 Å². The average molecular weight is 282 g/mol. The number of carbonyl (C=O) groups is 1. The van der Waals surface area contributed by atoms with Crippen LogP contribution in [-0.4, -0.2) is 40.8 Å². The van der Waals surface area contributed by atoms with Crippen molar-refractivity contribution in [2.45, 2.75) is 6.92 Å². The molecule has 1 amide bonds. The van der Waals surface area contributed by atoms with Gasteiger partial charge >= 0.3 is 0 Å². The summed E-state index contributed by atoms with van der Waals surface area (Å²) < 4.78 is 15.8. The van der Waals surface area contributed by atoms with E-state index in [9.17, 15) is 4.79 Å². The van der Waals surface area contributed by atoms with Crippen LogP contribution in [0, 0.1) is 5.92 Å². The highest BCUT2D eigenvalue weighted by atomic mass is 16.5. The molecule has 1 atom stereocenters. The molecule has 0 radical (unpaired) electrons. The lowest BCUT2D eigenvalue weighted by Gasteiger charge is -2.17. The summed E-state index contributed by atoms with van der Waals surface area (Å²) in [7, 11) is 6.39. The zero-order valence-electron chi connectivity index (χ0n) is 12.6. The number of ether oxygens (including phenoxy) is 3. The molecule has 1 rings (SSSR count). The minimum atomic E-state index is -0.155. The first kappa shape index (κ1) is 16.1. The molecule has 0 saturated heterocycles. The van der Waals surface area contributed by atoms with Crippen LogP contribution in [0.4, 0.5) is 5.69 Å². The summed E-state index contributed by atoms with van der Waals surface area (Å²) in [5.74, 6) is 1.19. The van der Waals surface area contributed by atoms with Gasteiger partial charge in [0.25, 0.3) is 0 Å². The zero-order chi connectivity index (χ0) is 15.1. The van der Waals surface area contributed by atoms with E-state index in [-0.39, 0.29) is 11.8 Å². The van der Waals surface area contributed by atoms with Crippen LogP contribution < -0.4 is 24.8 Å². The Bertz CT molecular complexity index is 463. The number of anilines is 1. The molecule has 0 aromatic heterocycles. The predicted octanol–water partition coefficient (Wildman–Crippen LogP) is 1.51. The maximum atomic E-state index is 12.0. The number of rotatable bonds is 7. The molecule has 0 saturated carbocycles. The zero-order valence-corrected chi connectivity index (χ0v) is 12.6. The number of benzene rings is 1. The van der Waals surface area contributed by atoms with Gasteiger partial charge in [0.1, 0.15) is 0 Å². The summed E-state index contributed by atoms with van der Waals surface area (Å²) in [5, 5.41) is 5.80. The van der Waals surface area contributed by atoms with Crippen molar-refractivity contribution >= 4 is 11.6 Å². The largest absolute Gasteiger partial charge is 0.493 e. The molecular formula is C14H22N2O4. The third kappa shape index (κ3) is 3.54. The van der Waals surface area contributed by atoms with Gasteiger partial charge in [-0.3, -0.25) is 4.79 Å². The molecule has 0 heterocycles. The first-order valence-electron chi connectivity index (χ1n) is 6.33. The number of hydrogen-bond acceptors (Lipinski definition) is 5. The van der Waals surface area contributed by atoms with Gasteiger partial charge in [-0.05, 0) is 19.2 Å². The van der Waals surface area contributed by atoms with E-state index < -0.39 is 0 Å². The molecule has 0 spiro atoms. The number of hydrogen-bond donors (Lipinski definition) is 2. The van der Waals surface area contributed by atoms with E-state index in [2.05, 4.69) is 10.6 Å². The molecule has 112 valence electrons. The summed E-state index contributed by atoms with van der Waals surface area (Å²) in [6.07, 6.45) is 0. The fraction of sp³-hybridized carbons (Fsp3) is 0.500. The van der Waals surface area contributed by atoms with Crippen molar-refractivity contribution in [2.75, 3.05) is 40.2 Å². The lowest BCUT2D eigenvalue weighted by molar-refractivity contribution is -0.119. The van der Waals surface area contributed by atoms with Crippen molar-refractivity contribution in [1.82, 2.24) is 5.32 Å². The second-order valence-corrected chi connectivity index (χ2v) is 4.33. The summed E-state index contributed by atoms with van der Waals surface area (Å²) in [6.45, 7) is 2.44. The van der Waals surface area contributed by atoms with E-state index in [1.165, 1.54) is 14.2 Å². The molecule has 6 nitrogen and oxygen atoms in total. The van der Waals surface area contributed by atoms with Gasteiger partial charge in [-0.2, -0.15) is 0 Å². The molecule has 1 aromatic carbocycles. The SMILES string of the molecule is CNCC(C)C(=O)Nc1ccc(OC)c(OC)c1OC. The highest BCUT2D eigenvalue weighted by Crippen LogP contribution is 2.42. The van der Waals surface area contributed by atoms with Crippen molar-refractivity contribution in [3.8, 4) is 17.2 Å². The van der Waals surface area contributed by atoms with Crippen LogP contribution in [0.1, 0.15) is 6.92 Å². The minimum absolute atomic E-state index is 0.0927. The van der Waals surface area contributed by atoms with Crippen LogP contribution in [0.5, 0.6) is 17.2 Å². The topological polar surface area (TPSA) is 68.8 Å². The number of amides is 1. The van der Waals surface area contributed by atoms with Crippen LogP contribution in [0.15, 0.2) is 12.1 Å². The van der Waals surface area contributed by atoms with Gasteiger partial charge in [-0.25, -0.2) is 0 Å². The van der Waals surface area contributed by atoms with Crippen LogP contribution in [0.2, 0.25) is 0 Å². The quantitative estimate of drug-likeness (QED) is 0.793. The molecule has 6 heteroatoms. The Hall–Kier alpha value is -1.95. The van der Waals surface area contributed by atoms with Crippen LogP contribution in [0.3, 0.4) is 0 Å². The summed E-state index contributed by atoms with van der Waals surface area (Å²) in [4.78, 5) is 12.0. The predicted molar refractivity (Wildman–Crippen MR) is 77.8 cm³/mol. The first-order valence-corrected chi connectivity index (χ1v) is 6.33. The van der Waals surface area contributed by atoms with Gasteiger partial charge in [0.05, 0.1) is 27.0 Å². The molecule has 1 aromatic rings. The molecule has 2 N–H and O–H groups in total. The fourth-order valence-corrected chi connectivity index (χ4v) is 1.85. The highest BCUT2D eigenvalue weighted by Gasteiger charge is 2.19. The third-order valence-corrected chi connectivity index (χ3v) is 2.92. The smallest absolute Gasteiger partial charge is 0.228 e. The monoisotopic (exact) mass is 282 g/mol. The van der Waals surface area contributed by atoms with Crippen molar-refractivity contribution in [1.29, 1.82) is 0 Å². The summed E-state index contributed by atoms with van der Waals surface area (Å²) in [5.41, 5.74) is 0.554. The van der Waals surface area contributed by atoms with Gasteiger partial charge in [-0.1, -0.05) is 6.92 Å². The molecule has 0 aliphatic carbocycles. The highest BCUT2D eigenvalue weighted by molar-refractivity contribution is 5.94. The number of carbonyl (C=O) groups excluding carboxylic acids is 1. The lowest BCUT2D eigenvalue weighted by atomic mass is 10.1. The van der Waals surface area contributed by atoms with E-state index in [1.54, 1.807) is 26.3 Å². The van der Waals surface area contributed by atoms with E-state index in [0.717, 1.165) is 0 Å². The van der Waals surface area contributed by atoms with Gasteiger partial charge < -0.3 is 24.8 Å². The van der Waals surface area contributed by atoms with Gasteiger partial charge in [0, 0.05) is 12.5 Å². The van der Waals surface area contributed by atoms with Crippen LogP contribution >= 0.6 is 0 Å². The Balaban J connectivity index is 3.04. The number of methoxy groups -OCH3 is 3. The molecular weight excluding hydrogens is 260 g/mol. The van der Waals surface area contributed by atoms with E-state index >= 15 is 0 Å². The fourth-order valence-electron chi connectivity index (χ4n) is 1.85. The third-order valence-electron chi connectivity index (χ3n) is 2.92. The standard InChI is InChI=1S/C14H22N2O4/c1-9(8-15-2)14(17)16-10-6-7-11(18-3)13(20-5)12(10)19-4/h6-7,9,15H,8H2,1-5H3,(H,16,17). The average Bonchev–Trinajstić information content (AvgIpc) is 2.46. The van der Waals surface area contributed by atoms with Gasteiger partial charge in [0.15, 0.2) is 11.5 Å². The molecule has 0 fully saturated rings. The second kappa shape index (κ2) is 7.59. The second-order valence-electron chi connectivity index (χ2n) is 4.33. The molecule has 1 unspecified atom stereocenters. The van der Waals surface area contributed by atoms with Crippen LogP contribution in [-0.2, 0) is 4.79 Å². The Morgan fingerprint density at radius 3 is 2.30 bits per heavy atom. The Labute approximate surface area is 119 Å². The van der Waals surface area contributed by atoms with E-state index in [1.807, 2.05) is 6.92 Å². The van der Waals surface area contributed by atoms with Crippen molar-refractivity contribution in [3.05, 3.63) is 12.1 Å².